The lowest BCUT2D eigenvalue weighted by molar-refractivity contribution is -0.180. The second-order valence-electron chi connectivity index (χ2n) is 3.94. The first-order chi connectivity index (χ1) is 8.84. The number of ether oxygens (including phenoxy) is 3. The highest BCUT2D eigenvalue weighted by Crippen LogP contribution is 2.09. The van der Waals surface area contributed by atoms with Crippen LogP contribution in [0.2, 0.25) is 0 Å². The minimum atomic E-state index is -0.461. The van der Waals surface area contributed by atoms with Crippen molar-refractivity contribution in [1.82, 2.24) is 5.32 Å². The molecule has 0 saturated carbocycles. The maximum absolute atomic E-state index is 11.4. The van der Waals surface area contributed by atoms with Crippen molar-refractivity contribution in [1.29, 1.82) is 0 Å². The fourth-order valence-corrected chi connectivity index (χ4v) is 1.63. The summed E-state index contributed by atoms with van der Waals surface area (Å²) in [6, 6.07) is 8.95. The average Bonchev–Trinajstić information content (AvgIpc) is 2.41. The van der Waals surface area contributed by atoms with Gasteiger partial charge in [0, 0.05) is 13.0 Å². The van der Waals surface area contributed by atoms with E-state index in [2.05, 4.69) is 5.32 Å². The highest BCUT2D eigenvalue weighted by atomic mass is 16.7. The Morgan fingerprint density at radius 3 is 2.72 bits per heavy atom. The van der Waals surface area contributed by atoms with Crippen LogP contribution in [0.5, 0.6) is 5.75 Å². The Hall–Kier alpha value is -1.59. The lowest BCUT2D eigenvalue weighted by Gasteiger charge is -2.22. The zero-order valence-electron chi connectivity index (χ0n) is 10.1. The molecule has 2 rings (SSSR count). The lowest BCUT2D eigenvalue weighted by atomic mass is 10.3. The van der Waals surface area contributed by atoms with Gasteiger partial charge in [0.1, 0.15) is 5.75 Å². The summed E-state index contributed by atoms with van der Waals surface area (Å²) in [6.07, 6.45) is 0.886. The third-order valence-electron chi connectivity index (χ3n) is 2.50. The van der Waals surface area contributed by atoms with Gasteiger partial charge in [-0.1, -0.05) is 18.2 Å². The SMILES string of the molecule is O=C(NCCC1OCCCO1)Oc1ccccc1. The highest BCUT2D eigenvalue weighted by Gasteiger charge is 2.14. The van der Waals surface area contributed by atoms with Gasteiger partial charge in [-0.3, -0.25) is 0 Å². The van der Waals surface area contributed by atoms with Crippen molar-refractivity contribution in [3.05, 3.63) is 30.3 Å². The first-order valence-electron chi connectivity index (χ1n) is 6.08. The van der Waals surface area contributed by atoms with Crippen molar-refractivity contribution in [2.75, 3.05) is 19.8 Å². The molecule has 0 bridgehead atoms. The van der Waals surface area contributed by atoms with Gasteiger partial charge in [0.25, 0.3) is 0 Å². The number of hydrogen-bond acceptors (Lipinski definition) is 4. The highest BCUT2D eigenvalue weighted by molar-refractivity contribution is 5.70. The van der Waals surface area contributed by atoms with E-state index < -0.39 is 6.09 Å². The Labute approximate surface area is 106 Å². The number of rotatable bonds is 4. The summed E-state index contributed by atoms with van der Waals surface area (Å²) in [7, 11) is 0. The van der Waals surface area contributed by atoms with Crippen LogP contribution in [-0.4, -0.2) is 32.1 Å². The van der Waals surface area contributed by atoms with E-state index in [0.717, 1.165) is 19.6 Å². The van der Waals surface area contributed by atoms with Crippen molar-refractivity contribution in [3.63, 3.8) is 0 Å². The van der Waals surface area contributed by atoms with E-state index in [1.807, 2.05) is 18.2 Å². The molecule has 0 atom stereocenters. The van der Waals surface area contributed by atoms with E-state index in [-0.39, 0.29) is 6.29 Å². The normalized spacial score (nSPS) is 16.2. The van der Waals surface area contributed by atoms with Gasteiger partial charge in [-0.2, -0.15) is 0 Å². The van der Waals surface area contributed by atoms with Gasteiger partial charge in [-0.05, 0) is 18.6 Å². The third kappa shape index (κ3) is 4.35. The smallest absolute Gasteiger partial charge is 0.410 e. The fraction of sp³-hybridized carbons (Fsp3) is 0.462. The molecule has 98 valence electrons. The summed E-state index contributed by atoms with van der Waals surface area (Å²) in [5.41, 5.74) is 0. The largest absolute Gasteiger partial charge is 0.412 e. The summed E-state index contributed by atoms with van der Waals surface area (Å²) in [5, 5.41) is 2.66. The van der Waals surface area contributed by atoms with E-state index in [0.29, 0.717) is 18.7 Å². The zero-order chi connectivity index (χ0) is 12.6. The summed E-state index contributed by atoms with van der Waals surface area (Å²) in [6.45, 7) is 1.91. The molecular formula is C13H17NO4. The molecule has 1 aliphatic heterocycles. The van der Waals surface area contributed by atoms with Gasteiger partial charge in [0.05, 0.1) is 13.2 Å². The predicted octanol–water partition coefficient (Wildman–Crippen LogP) is 1.93. The molecule has 0 aliphatic carbocycles. The first kappa shape index (κ1) is 12.9. The summed E-state index contributed by atoms with van der Waals surface area (Å²) >= 11 is 0. The summed E-state index contributed by atoms with van der Waals surface area (Å²) in [5.74, 6) is 0.528. The zero-order valence-corrected chi connectivity index (χ0v) is 10.1. The van der Waals surface area contributed by atoms with Crippen LogP contribution in [0.15, 0.2) is 30.3 Å². The van der Waals surface area contributed by atoms with Gasteiger partial charge in [-0.25, -0.2) is 4.79 Å². The van der Waals surface area contributed by atoms with Crippen molar-refractivity contribution in [3.8, 4) is 5.75 Å². The van der Waals surface area contributed by atoms with Crippen LogP contribution in [0.25, 0.3) is 0 Å². The fourth-order valence-electron chi connectivity index (χ4n) is 1.63. The molecule has 0 aromatic heterocycles. The number of para-hydroxylation sites is 1. The Morgan fingerprint density at radius 1 is 1.28 bits per heavy atom. The maximum Gasteiger partial charge on any atom is 0.412 e. The van der Waals surface area contributed by atoms with Gasteiger partial charge in [0.2, 0.25) is 0 Å². The minimum Gasteiger partial charge on any atom is -0.410 e. The first-order valence-corrected chi connectivity index (χ1v) is 6.08. The topological polar surface area (TPSA) is 56.8 Å². The van der Waals surface area contributed by atoms with Crippen molar-refractivity contribution < 1.29 is 19.0 Å². The van der Waals surface area contributed by atoms with Crippen LogP contribution in [-0.2, 0) is 9.47 Å². The van der Waals surface area contributed by atoms with Crippen LogP contribution < -0.4 is 10.1 Å². The molecule has 1 saturated heterocycles. The molecule has 1 aromatic rings. The predicted molar refractivity (Wildman–Crippen MR) is 65.4 cm³/mol. The van der Waals surface area contributed by atoms with Gasteiger partial charge in [0.15, 0.2) is 6.29 Å². The van der Waals surface area contributed by atoms with E-state index in [1.54, 1.807) is 12.1 Å². The molecule has 0 spiro atoms. The van der Waals surface area contributed by atoms with Crippen molar-refractivity contribution >= 4 is 6.09 Å². The van der Waals surface area contributed by atoms with Crippen LogP contribution in [0.1, 0.15) is 12.8 Å². The van der Waals surface area contributed by atoms with Crippen LogP contribution >= 0.6 is 0 Å². The number of benzene rings is 1. The molecule has 0 unspecified atom stereocenters. The molecule has 0 radical (unpaired) electrons. The van der Waals surface area contributed by atoms with Crippen molar-refractivity contribution in [2.45, 2.75) is 19.1 Å². The Bertz CT molecular complexity index is 363. The molecule has 1 aromatic carbocycles. The molecule has 5 nitrogen and oxygen atoms in total. The molecule has 1 aliphatic rings. The van der Waals surface area contributed by atoms with E-state index in [9.17, 15) is 4.79 Å². The molecular weight excluding hydrogens is 234 g/mol. The maximum atomic E-state index is 11.4. The van der Waals surface area contributed by atoms with E-state index in [4.69, 9.17) is 14.2 Å². The minimum absolute atomic E-state index is 0.212. The molecule has 1 N–H and O–H groups in total. The number of carbonyl (C=O) groups excluding carboxylic acids is 1. The van der Waals surface area contributed by atoms with Crippen LogP contribution in [0.3, 0.4) is 0 Å². The molecule has 1 heterocycles. The molecule has 1 fully saturated rings. The number of carbonyl (C=O) groups is 1. The van der Waals surface area contributed by atoms with Gasteiger partial charge in [-0.15, -0.1) is 0 Å². The second-order valence-corrected chi connectivity index (χ2v) is 3.94. The Kier molecular flexibility index (Phi) is 4.99. The van der Waals surface area contributed by atoms with Gasteiger partial charge >= 0.3 is 6.09 Å². The number of nitrogens with one attached hydrogen (secondary N) is 1. The van der Waals surface area contributed by atoms with Crippen LogP contribution in [0, 0.1) is 0 Å². The second kappa shape index (κ2) is 6.98. The molecule has 1 amide bonds. The van der Waals surface area contributed by atoms with Crippen molar-refractivity contribution in [2.24, 2.45) is 0 Å². The van der Waals surface area contributed by atoms with E-state index >= 15 is 0 Å². The Morgan fingerprint density at radius 2 is 2.00 bits per heavy atom. The quantitative estimate of drug-likeness (QED) is 0.888. The van der Waals surface area contributed by atoms with Crippen LogP contribution in [0.4, 0.5) is 4.79 Å². The standard InChI is InChI=1S/C13H17NO4/c15-13(18-11-5-2-1-3-6-11)14-8-7-12-16-9-4-10-17-12/h1-3,5-6,12H,4,7-10H2,(H,14,15). The lowest BCUT2D eigenvalue weighted by Crippen LogP contribution is -2.33. The Balaban J connectivity index is 1.62. The van der Waals surface area contributed by atoms with Gasteiger partial charge < -0.3 is 19.5 Å². The monoisotopic (exact) mass is 251 g/mol. The average molecular weight is 251 g/mol. The molecule has 18 heavy (non-hydrogen) atoms. The number of amides is 1. The number of hydrogen-bond donors (Lipinski definition) is 1. The van der Waals surface area contributed by atoms with E-state index in [1.165, 1.54) is 0 Å². The third-order valence-corrected chi connectivity index (χ3v) is 2.50. The summed E-state index contributed by atoms with van der Waals surface area (Å²) in [4.78, 5) is 11.4. The summed E-state index contributed by atoms with van der Waals surface area (Å²) < 4.78 is 15.8. The molecule has 5 heteroatoms.